The molecule has 0 radical (unpaired) electrons. The molecule has 2 heteroatoms. The first-order valence-corrected chi connectivity index (χ1v) is 8.10. The topological polar surface area (TPSA) is 8.17 Å². The van der Waals surface area contributed by atoms with Gasteiger partial charge in [0.2, 0.25) is 0 Å². The lowest BCUT2D eigenvalue weighted by molar-refractivity contribution is 0.974. The first kappa shape index (κ1) is 13.9. The molecule has 1 heterocycles. The number of fused-ring (bicyclic) bond motifs is 3. The smallest absolute Gasteiger partial charge is 0.0561 e. The van der Waals surface area contributed by atoms with Gasteiger partial charge in [-0.3, -0.25) is 0 Å². The fourth-order valence-corrected chi connectivity index (χ4v) is 3.34. The predicted molar refractivity (Wildman–Crippen MR) is 99.7 cm³/mol. The first-order chi connectivity index (χ1) is 11.3. The number of para-hydroxylation sites is 2. The van der Waals surface area contributed by atoms with E-state index in [1.54, 1.807) is 0 Å². The van der Waals surface area contributed by atoms with Crippen LogP contribution in [-0.4, -0.2) is 18.2 Å². The molecule has 0 amide bonds. The summed E-state index contributed by atoms with van der Waals surface area (Å²) in [5.74, 6) is 0. The molecule has 0 atom stereocenters. The van der Waals surface area contributed by atoms with E-state index in [0.29, 0.717) is 0 Å². The minimum Gasteiger partial charge on any atom is -0.374 e. The number of benzene rings is 3. The minimum atomic E-state index is 0.990. The van der Waals surface area contributed by atoms with Gasteiger partial charge in [0.15, 0.2) is 0 Å². The van der Waals surface area contributed by atoms with Gasteiger partial charge in [-0.1, -0.05) is 42.5 Å². The maximum atomic E-state index is 2.36. The van der Waals surface area contributed by atoms with Crippen molar-refractivity contribution in [2.75, 3.05) is 18.5 Å². The van der Waals surface area contributed by atoms with Crippen LogP contribution in [0, 0.1) is 0 Å². The average molecular weight is 300 g/mol. The van der Waals surface area contributed by atoms with Gasteiger partial charge in [-0.25, -0.2) is 0 Å². The standard InChI is InChI=1S/C21H20N2/c1-3-22(2)19-14-9-15-20-21(19)17-12-7-8-13-18(17)23(20)16-10-5-4-6-11-16/h4-15H,3H2,1-2H3. The molecule has 4 rings (SSSR count). The Morgan fingerprint density at radius 1 is 0.783 bits per heavy atom. The van der Waals surface area contributed by atoms with E-state index in [4.69, 9.17) is 0 Å². The molecule has 0 saturated heterocycles. The van der Waals surface area contributed by atoms with E-state index in [1.807, 2.05) is 0 Å². The largest absolute Gasteiger partial charge is 0.374 e. The first-order valence-electron chi connectivity index (χ1n) is 8.10. The van der Waals surface area contributed by atoms with Crippen LogP contribution >= 0.6 is 0 Å². The monoisotopic (exact) mass is 300 g/mol. The van der Waals surface area contributed by atoms with E-state index in [-0.39, 0.29) is 0 Å². The molecule has 0 saturated carbocycles. The summed E-state index contributed by atoms with van der Waals surface area (Å²) in [7, 11) is 2.16. The van der Waals surface area contributed by atoms with Gasteiger partial charge >= 0.3 is 0 Å². The molecule has 114 valence electrons. The molecule has 4 aromatic rings. The highest BCUT2D eigenvalue weighted by molar-refractivity contribution is 6.15. The minimum absolute atomic E-state index is 0.990. The Bertz CT molecular complexity index is 967. The lowest BCUT2D eigenvalue weighted by Gasteiger charge is -2.18. The molecular formula is C21H20N2. The third-order valence-corrected chi connectivity index (χ3v) is 4.58. The van der Waals surface area contributed by atoms with Crippen LogP contribution in [-0.2, 0) is 0 Å². The van der Waals surface area contributed by atoms with E-state index in [2.05, 4.69) is 96.2 Å². The summed E-state index contributed by atoms with van der Waals surface area (Å²) >= 11 is 0. The Morgan fingerprint density at radius 2 is 1.48 bits per heavy atom. The van der Waals surface area contributed by atoms with Crippen LogP contribution in [0.4, 0.5) is 5.69 Å². The molecule has 0 spiro atoms. The second-order valence-corrected chi connectivity index (χ2v) is 5.87. The van der Waals surface area contributed by atoms with Crippen LogP contribution < -0.4 is 4.90 Å². The Labute approximate surface area is 136 Å². The predicted octanol–water partition coefficient (Wildman–Crippen LogP) is 5.24. The molecule has 0 N–H and O–H groups in total. The average Bonchev–Trinajstić information content (AvgIpc) is 2.96. The second kappa shape index (κ2) is 5.47. The fraction of sp³-hybridized carbons (Fsp3) is 0.143. The molecule has 0 unspecified atom stereocenters. The van der Waals surface area contributed by atoms with Gasteiger partial charge in [-0.15, -0.1) is 0 Å². The molecule has 0 aliphatic heterocycles. The summed E-state index contributed by atoms with van der Waals surface area (Å²) in [6.45, 7) is 3.18. The van der Waals surface area contributed by atoms with Gasteiger partial charge in [0, 0.05) is 35.7 Å². The normalized spacial score (nSPS) is 11.2. The van der Waals surface area contributed by atoms with Crippen LogP contribution in [0.2, 0.25) is 0 Å². The van der Waals surface area contributed by atoms with E-state index in [9.17, 15) is 0 Å². The molecule has 2 nitrogen and oxygen atoms in total. The van der Waals surface area contributed by atoms with Crippen molar-refractivity contribution < 1.29 is 0 Å². The molecule has 23 heavy (non-hydrogen) atoms. The maximum Gasteiger partial charge on any atom is 0.0561 e. The van der Waals surface area contributed by atoms with Crippen molar-refractivity contribution in [2.24, 2.45) is 0 Å². The highest BCUT2D eigenvalue weighted by atomic mass is 15.1. The van der Waals surface area contributed by atoms with Crippen LogP contribution in [0.5, 0.6) is 0 Å². The van der Waals surface area contributed by atoms with Crippen molar-refractivity contribution in [1.82, 2.24) is 4.57 Å². The van der Waals surface area contributed by atoms with E-state index >= 15 is 0 Å². The maximum absolute atomic E-state index is 2.36. The number of anilines is 1. The Balaban J connectivity index is 2.18. The zero-order valence-electron chi connectivity index (χ0n) is 13.5. The van der Waals surface area contributed by atoms with Crippen molar-refractivity contribution in [3.05, 3.63) is 72.8 Å². The molecule has 0 aliphatic carbocycles. The Morgan fingerprint density at radius 3 is 2.26 bits per heavy atom. The van der Waals surface area contributed by atoms with Crippen molar-refractivity contribution in [2.45, 2.75) is 6.92 Å². The van der Waals surface area contributed by atoms with Crippen molar-refractivity contribution >= 4 is 27.5 Å². The Hall–Kier alpha value is -2.74. The molecular weight excluding hydrogens is 280 g/mol. The SMILES string of the molecule is CCN(C)c1cccc2c1c1ccccc1n2-c1ccccc1. The summed E-state index contributed by atoms with van der Waals surface area (Å²) in [6, 6.07) is 25.9. The molecule has 0 bridgehead atoms. The zero-order chi connectivity index (χ0) is 15.8. The second-order valence-electron chi connectivity index (χ2n) is 5.87. The van der Waals surface area contributed by atoms with Gasteiger partial charge in [0.1, 0.15) is 0 Å². The number of hydrogen-bond donors (Lipinski definition) is 0. The van der Waals surface area contributed by atoms with Crippen molar-refractivity contribution in [3.63, 3.8) is 0 Å². The number of nitrogens with zero attached hydrogens (tertiary/aromatic N) is 2. The van der Waals surface area contributed by atoms with E-state index in [0.717, 1.165) is 6.54 Å². The van der Waals surface area contributed by atoms with Crippen LogP contribution in [0.3, 0.4) is 0 Å². The fourth-order valence-electron chi connectivity index (χ4n) is 3.34. The zero-order valence-corrected chi connectivity index (χ0v) is 13.5. The molecule has 3 aromatic carbocycles. The van der Waals surface area contributed by atoms with E-state index in [1.165, 1.54) is 33.2 Å². The number of aromatic nitrogens is 1. The van der Waals surface area contributed by atoms with Crippen molar-refractivity contribution in [1.29, 1.82) is 0 Å². The summed E-state index contributed by atoms with van der Waals surface area (Å²) in [6.07, 6.45) is 0. The molecule has 0 aliphatic rings. The summed E-state index contributed by atoms with van der Waals surface area (Å²) in [4.78, 5) is 2.31. The lowest BCUT2D eigenvalue weighted by atomic mass is 10.1. The number of rotatable bonds is 3. The third kappa shape index (κ3) is 2.10. The van der Waals surface area contributed by atoms with Gasteiger partial charge < -0.3 is 9.47 Å². The molecule has 1 aromatic heterocycles. The summed E-state index contributed by atoms with van der Waals surface area (Å²) in [5.41, 5.74) is 5.01. The van der Waals surface area contributed by atoms with Crippen LogP contribution in [0.1, 0.15) is 6.92 Å². The quantitative estimate of drug-likeness (QED) is 0.502. The van der Waals surface area contributed by atoms with Gasteiger partial charge in [-0.2, -0.15) is 0 Å². The lowest BCUT2D eigenvalue weighted by Crippen LogP contribution is -2.15. The third-order valence-electron chi connectivity index (χ3n) is 4.58. The Kier molecular flexibility index (Phi) is 3.30. The van der Waals surface area contributed by atoms with Crippen molar-refractivity contribution in [3.8, 4) is 5.69 Å². The van der Waals surface area contributed by atoms with Gasteiger partial charge in [0.05, 0.1) is 11.0 Å². The van der Waals surface area contributed by atoms with Crippen LogP contribution in [0.25, 0.3) is 27.5 Å². The van der Waals surface area contributed by atoms with Gasteiger partial charge in [-0.05, 0) is 37.3 Å². The highest BCUT2D eigenvalue weighted by Crippen LogP contribution is 2.37. The van der Waals surface area contributed by atoms with Crippen LogP contribution in [0.15, 0.2) is 72.8 Å². The summed E-state index contributed by atoms with van der Waals surface area (Å²) < 4.78 is 2.36. The van der Waals surface area contributed by atoms with E-state index < -0.39 is 0 Å². The summed E-state index contributed by atoms with van der Waals surface area (Å²) in [5, 5.41) is 2.64. The highest BCUT2D eigenvalue weighted by Gasteiger charge is 2.15. The number of hydrogen-bond acceptors (Lipinski definition) is 1. The molecule has 0 fully saturated rings. The van der Waals surface area contributed by atoms with Gasteiger partial charge in [0.25, 0.3) is 0 Å².